The van der Waals surface area contributed by atoms with Crippen LogP contribution < -0.4 is 0 Å². The van der Waals surface area contributed by atoms with Crippen LogP contribution in [-0.2, 0) is 0 Å². The maximum atomic E-state index is 10.7. The lowest BCUT2D eigenvalue weighted by atomic mass is 10.2. The van der Waals surface area contributed by atoms with Crippen molar-refractivity contribution in [1.82, 2.24) is 0 Å². The summed E-state index contributed by atoms with van der Waals surface area (Å²) in [6.45, 7) is 0. The molecule has 6 heteroatoms. The smallest absolute Gasteiger partial charge is 0.311 e. The number of hydrogen-bond donors (Lipinski definition) is 1. The van der Waals surface area contributed by atoms with E-state index in [-0.39, 0.29) is 11.4 Å². The Morgan fingerprint density at radius 1 is 1.26 bits per heavy atom. The Hall–Kier alpha value is -2.40. The lowest BCUT2D eigenvalue weighted by Gasteiger charge is -1.98. The fourth-order valence-electron chi connectivity index (χ4n) is 1.47. The van der Waals surface area contributed by atoms with Gasteiger partial charge in [-0.25, -0.2) is 0 Å². The van der Waals surface area contributed by atoms with Gasteiger partial charge < -0.3 is 5.11 Å². The second-order valence-corrected chi connectivity index (χ2v) is 4.12. The second-order valence-electron chi connectivity index (χ2n) is 3.71. The molecule has 0 heterocycles. The van der Waals surface area contributed by atoms with Crippen LogP contribution >= 0.6 is 11.6 Å². The highest BCUT2D eigenvalue weighted by Gasteiger charge is 2.12. The molecule has 2 rings (SSSR count). The number of phenols is 1. The minimum Gasteiger partial charge on any atom is -0.502 e. The van der Waals surface area contributed by atoms with Crippen LogP contribution in [0, 0.1) is 10.1 Å². The van der Waals surface area contributed by atoms with Gasteiger partial charge in [-0.1, -0.05) is 23.7 Å². The van der Waals surface area contributed by atoms with Gasteiger partial charge in [-0.2, -0.15) is 0 Å². The minimum atomic E-state index is -0.651. The Bertz CT molecular complexity index is 656. The quantitative estimate of drug-likeness (QED) is 0.527. The fraction of sp³-hybridized carbons (Fsp3) is 0. The van der Waals surface area contributed by atoms with Crippen LogP contribution in [0.15, 0.2) is 47.5 Å². The van der Waals surface area contributed by atoms with E-state index in [1.165, 1.54) is 24.4 Å². The molecular formula is C13H9ClN2O3. The molecule has 0 radical (unpaired) electrons. The average molecular weight is 277 g/mol. The molecule has 0 atom stereocenters. The van der Waals surface area contributed by atoms with Gasteiger partial charge in [-0.05, 0) is 29.8 Å². The topological polar surface area (TPSA) is 75.7 Å². The van der Waals surface area contributed by atoms with Crippen LogP contribution in [0.5, 0.6) is 5.75 Å². The molecule has 0 amide bonds. The number of nitrogens with zero attached hydrogens (tertiary/aromatic N) is 2. The number of hydrogen-bond acceptors (Lipinski definition) is 4. The Labute approximate surface area is 113 Å². The largest absolute Gasteiger partial charge is 0.502 e. The third kappa shape index (κ3) is 3.08. The van der Waals surface area contributed by atoms with Crippen molar-refractivity contribution in [2.24, 2.45) is 4.99 Å². The van der Waals surface area contributed by atoms with Crippen LogP contribution in [0.25, 0.3) is 0 Å². The summed E-state index contributed by atoms with van der Waals surface area (Å²) in [6, 6.07) is 11.0. The molecule has 19 heavy (non-hydrogen) atoms. The Morgan fingerprint density at radius 3 is 2.68 bits per heavy atom. The lowest BCUT2D eigenvalue weighted by Crippen LogP contribution is -1.90. The predicted molar refractivity (Wildman–Crippen MR) is 73.5 cm³/mol. The zero-order valence-electron chi connectivity index (χ0n) is 9.65. The molecule has 0 spiro atoms. The number of nitro benzene ring substituents is 1. The summed E-state index contributed by atoms with van der Waals surface area (Å²) in [5.74, 6) is -0.375. The van der Waals surface area contributed by atoms with E-state index in [0.717, 1.165) is 0 Å². The molecule has 0 aliphatic heterocycles. The Balaban J connectivity index is 2.32. The van der Waals surface area contributed by atoms with Gasteiger partial charge in [0.15, 0.2) is 5.75 Å². The fourth-order valence-corrected chi connectivity index (χ4v) is 1.65. The van der Waals surface area contributed by atoms with Crippen LogP contribution in [0.4, 0.5) is 11.4 Å². The van der Waals surface area contributed by atoms with E-state index in [9.17, 15) is 15.2 Å². The van der Waals surface area contributed by atoms with Crippen LogP contribution in [0.3, 0.4) is 0 Å². The van der Waals surface area contributed by atoms with E-state index in [1.807, 2.05) is 0 Å². The molecule has 0 bridgehead atoms. The van der Waals surface area contributed by atoms with Gasteiger partial charge in [0, 0.05) is 12.3 Å². The minimum absolute atomic E-state index is 0.358. The third-order valence-corrected chi connectivity index (χ3v) is 2.72. The number of rotatable bonds is 3. The summed E-state index contributed by atoms with van der Waals surface area (Å²) in [5, 5.41) is 20.5. The van der Waals surface area contributed by atoms with Crippen molar-refractivity contribution < 1.29 is 10.0 Å². The first-order valence-electron chi connectivity index (χ1n) is 5.34. The molecule has 5 nitrogen and oxygen atoms in total. The standard InChI is InChI=1S/C13H9ClN2O3/c14-10-3-1-2-4-11(10)15-8-9-5-6-13(17)12(7-9)16(18)19/h1-8,17H. The van der Waals surface area contributed by atoms with Crippen molar-refractivity contribution in [3.05, 3.63) is 63.2 Å². The molecule has 1 N–H and O–H groups in total. The highest BCUT2D eigenvalue weighted by Crippen LogP contribution is 2.27. The molecule has 0 aliphatic rings. The van der Waals surface area contributed by atoms with E-state index >= 15 is 0 Å². The summed E-state index contributed by atoms with van der Waals surface area (Å²) < 4.78 is 0. The number of benzene rings is 2. The number of phenolic OH excluding ortho intramolecular Hbond substituents is 1. The predicted octanol–water partition coefficient (Wildman–Crippen LogP) is 3.70. The first-order valence-corrected chi connectivity index (χ1v) is 5.72. The first kappa shape index (κ1) is 13.0. The van der Waals surface area contributed by atoms with Gasteiger partial charge >= 0.3 is 5.69 Å². The number of halogens is 1. The van der Waals surface area contributed by atoms with Crippen molar-refractivity contribution in [2.45, 2.75) is 0 Å². The summed E-state index contributed by atoms with van der Waals surface area (Å²) in [7, 11) is 0. The zero-order valence-corrected chi connectivity index (χ0v) is 10.4. The Kier molecular flexibility index (Phi) is 3.77. The normalized spacial score (nSPS) is 10.8. The van der Waals surface area contributed by atoms with E-state index < -0.39 is 4.92 Å². The molecule has 0 unspecified atom stereocenters. The van der Waals surface area contributed by atoms with Crippen LogP contribution in [0.2, 0.25) is 5.02 Å². The number of aromatic hydroxyl groups is 1. The molecule has 0 aromatic heterocycles. The maximum absolute atomic E-state index is 10.7. The molecule has 2 aromatic rings. The van der Waals surface area contributed by atoms with Crippen molar-refractivity contribution in [2.75, 3.05) is 0 Å². The molecule has 0 fully saturated rings. The highest BCUT2D eigenvalue weighted by molar-refractivity contribution is 6.33. The zero-order chi connectivity index (χ0) is 13.8. The van der Waals surface area contributed by atoms with Gasteiger partial charge in [0.05, 0.1) is 15.6 Å². The average Bonchev–Trinajstić information content (AvgIpc) is 2.39. The van der Waals surface area contributed by atoms with Crippen molar-refractivity contribution in [3.8, 4) is 5.75 Å². The second kappa shape index (κ2) is 5.49. The summed E-state index contributed by atoms with van der Waals surface area (Å²) in [4.78, 5) is 14.2. The van der Waals surface area contributed by atoms with Gasteiger partial charge in [0.25, 0.3) is 0 Å². The summed E-state index contributed by atoms with van der Waals surface area (Å²) in [6.07, 6.45) is 1.45. The maximum Gasteiger partial charge on any atom is 0.311 e. The monoisotopic (exact) mass is 276 g/mol. The third-order valence-electron chi connectivity index (χ3n) is 2.40. The molecular weight excluding hydrogens is 268 g/mol. The molecule has 0 aliphatic carbocycles. The summed E-state index contributed by atoms with van der Waals surface area (Å²) in [5.41, 5.74) is 0.715. The van der Waals surface area contributed by atoms with E-state index in [1.54, 1.807) is 24.3 Å². The van der Waals surface area contributed by atoms with Crippen molar-refractivity contribution in [3.63, 3.8) is 0 Å². The molecule has 96 valence electrons. The molecule has 0 saturated heterocycles. The van der Waals surface area contributed by atoms with Crippen molar-refractivity contribution >= 4 is 29.2 Å². The van der Waals surface area contributed by atoms with Crippen molar-refractivity contribution in [1.29, 1.82) is 0 Å². The number of para-hydroxylation sites is 1. The van der Waals surface area contributed by atoms with E-state index in [0.29, 0.717) is 16.3 Å². The SMILES string of the molecule is O=[N+]([O-])c1cc(C=Nc2ccccc2Cl)ccc1O. The van der Waals surface area contributed by atoms with Crippen LogP contribution in [0.1, 0.15) is 5.56 Å². The van der Waals surface area contributed by atoms with E-state index in [4.69, 9.17) is 11.6 Å². The number of aliphatic imine (C=N–C) groups is 1. The molecule has 2 aromatic carbocycles. The lowest BCUT2D eigenvalue weighted by molar-refractivity contribution is -0.385. The van der Waals surface area contributed by atoms with Gasteiger partial charge in [0.1, 0.15) is 0 Å². The van der Waals surface area contributed by atoms with Gasteiger partial charge in [0.2, 0.25) is 0 Å². The van der Waals surface area contributed by atoms with E-state index in [2.05, 4.69) is 4.99 Å². The van der Waals surface area contributed by atoms with Crippen LogP contribution in [-0.4, -0.2) is 16.2 Å². The highest BCUT2D eigenvalue weighted by atomic mass is 35.5. The number of nitro groups is 1. The summed E-state index contributed by atoms with van der Waals surface area (Å²) >= 11 is 5.94. The van der Waals surface area contributed by atoms with Gasteiger partial charge in [-0.15, -0.1) is 0 Å². The Morgan fingerprint density at radius 2 is 2.00 bits per heavy atom. The molecule has 0 saturated carbocycles. The van der Waals surface area contributed by atoms with Gasteiger partial charge in [-0.3, -0.25) is 15.1 Å². The first-order chi connectivity index (χ1) is 9.08.